The molecule has 0 fully saturated rings. The number of anilines is 2. The van der Waals surface area contributed by atoms with Gasteiger partial charge in [-0.2, -0.15) is 4.80 Å². The van der Waals surface area contributed by atoms with Crippen LogP contribution in [-0.2, 0) is 0 Å². The number of carbonyl (C=O) groups excluding carboxylic acids is 1. The summed E-state index contributed by atoms with van der Waals surface area (Å²) in [6, 6.07) is 29.8. The van der Waals surface area contributed by atoms with Gasteiger partial charge in [-0.25, -0.2) is 0 Å². The van der Waals surface area contributed by atoms with Crippen LogP contribution in [0.3, 0.4) is 0 Å². The van der Waals surface area contributed by atoms with E-state index in [1.807, 2.05) is 73.7 Å². The zero-order chi connectivity index (χ0) is 25.1. The number of nitrogens with one attached hydrogen (secondary N) is 1. The summed E-state index contributed by atoms with van der Waals surface area (Å²) in [6.07, 6.45) is 0. The van der Waals surface area contributed by atoms with E-state index in [9.17, 15) is 4.79 Å². The standard InChI is InChI=1S/C30H29N5O/c1-4-34(5-2)25-15-17-26(18-16-25)35-32-28-19-21(3)27(20-29(28)33-35)31-30(36)24-13-11-23(12-14-24)22-9-7-6-8-10-22/h6-20H,4-5H2,1-3H3,(H,31,36). The number of hydrogen-bond donors (Lipinski definition) is 1. The Morgan fingerprint density at radius 3 is 2.06 bits per heavy atom. The van der Waals surface area contributed by atoms with E-state index < -0.39 is 0 Å². The predicted molar refractivity (Wildman–Crippen MR) is 147 cm³/mol. The molecular weight excluding hydrogens is 446 g/mol. The van der Waals surface area contributed by atoms with Gasteiger partial charge in [-0.1, -0.05) is 42.5 Å². The fraction of sp³-hybridized carbons (Fsp3) is 0.167. The summed E-state index contributed by atoms with van der Waals surface area (Å²) in [7, 11) is 0. The molecule has 0 atom stereocenters. The maximum absolute atomic E-state index is 13.0. The normalized spacial score (nSPS) is 11.0. The fourth-order valence-electron chi connectivity index (χ4n) is 4.34. The van der Waals surface area contributed by atoms with E-state index >= 15 is 0 Å². The average molecular weight is 476 g/mol. The lowest BCUT2D eigenvalue weighted by molar-refractivity contribution is 0.102. The molecule has 0 spiro atoms. The maximum Gasteiger partial charge on any atom is 0.255 e. The van der Waals surface area contributed by atoms with Gasteiger partial charge in [-0.3, -0.25) is 4.79 Å². The van der Waals surface area contributed by atoms with Gasteiger partial charge in [0, 0.05) is 30.0 Å². The molecule has 0 aliphatic carbocycles. The monoisotopic (exact) mass is 475 g/mol. The van der Waals surface area contributed by atoms with E-state index in [1.165, 1.54) is 5.69 Å². The minimum atomic E-state index is -0.156. The lowest BCUT2D eigenvalue weighted by Crippen LogP contribution is -2.21. The molecule has 1 heterocycles. The molecular formula is C30H29N5O. The van der Waals surface area contributed by atoms with Crippen LogP contribution >= 0.6 is 0 Å². The number of nitrogens with zero attached hydrogens (tertiary/aromatic N) is 4. The van der Waals surface area contributed by atoms with Crippen LogP contribution < -0.4 is 10.2 Å². The Morgan fingerprint density at radius 2 is 1.42 bits per heavy atom. The highest BCUT2D eigenvalue weighted by Gasteiger charge is 2.13. The Kier molecular flexibility index (Phi) is 6.50. The summed E-state index contributed by atoms with van der Waals surface area (Å²) < 4.78 is 0. The van der Waals surface area contributed by atoms with Crippen LogP contribution in [0, 0.1) is 6.92 Å². The van der Waals surface area contributed by atoms with Crippen molar-refractivity contribution in [1.82, 2.24) is 15.0 Å². The number of aryl methyl sites for hydroxylation is 1. The Morgan fingerprint density at radius 1 is 0.806 bits per heavy atom. The smallest absolute Gasteiger partial charge is 0.255 e. The Bertz CT molecular complexity index is 1480. The lowest BCUT2D eigenvalue weighted by Gasteiger charge is -2.20. The van der Waals surface area contributed by atoms with E-state index in [0.717, 1.165) is 52.2 Å². The van der Waals surface area contributed by atoms with E-state index in [4.69, 9.17) is 0 Å². The molecule has 6 nitrogen and oxygen atoms in total. The number of aromatic nitrogens is 3. The fourth-order valence-corrected chi connectivity index (χ4v) is 4.34. The van der Waals surface area contributed by atoms with Crippen molar-refractivity contribution in [3.05, 3.63) is 102 Å². The highest BCUT2D eigenvalue weighted by Crippen LogP contribution is 2.24. The zero-order valence-corrected chi connectivity index (χ0v) is 20.8. The second-order valence-electron chi connectivity index (χ2n) is 8.73. The minimum Gasteiger partial charge on any atom is -0.372 e. The Hall–Kier alpha value is -4.45. The van der Waals surface area contributed by atoms with Gasteiger partial charge in [0.15, 0.2) is 0 Å². The van der Waals surface area contributed by atoms with Gasteiger partial charge in [0.2, 0.25) is 0 Å². The molecule has 4 aromatic carbocycles. The molecule has 0 bridgehead atoms. The van der Waals surface area contributed by atoms with Crippen molar-refractivity contribution in [1.29, 1.82) is 0 Å². The summed E-state index contributed by atoms with van der Waals surface area (Å²) in [6.45, 7) is 8.19. The van der Waals surface area contributed by atoms with Crippen molar-refractivity contribution in [3.63, 3.8) is 0 Å². The molecule has 0 saturated heterocycles. The molecule has 5 aromatic rings. The minimum absolute atomic E-state index is 0.156. The van der Waals surface area contributed by atoms with Gasteiger partial charge < -0.3 is 10.2 Å². The number of hydrogen-bond acceptors (Lipinski definition) is 4. The molecule has 36 heavy (non-hydrogen) atoms. The van der Waals surface area contributed by atoms with Crippen LogP contribution in [0.4, 0.5) is 11.4 Å². The molecule has 1 amide bonds. The first kappa shape index (κ1) is 23.3. The highest BCUT2D eigenvalue weighted by atomic mass is 16.1. The van der Waals surface area contributed by atoms with Crippen LogP contribution in [0.25, 0.3) is 27.8 Å². The summed E-state index contributed by atoms with van der Waals surface area (Å²) in [5, 5.41) is 12.4. The number of benzene rings is 4. The number of fused-ring (bicyclic) bond motifs is 1. The van der Waals surface area contributed by atoms with Crippen LogP contribution in [0.5, 0.6) is 0 Å². The van der Waals surface area contributed by atoms with E-state index in [1.54, 1.807) is 4.80 Å². The third-order valence-corrected chi connectivity index (χ3v) is 6.44. The summed E-state index contributed by atoms with van der Waals surface area (Å²) in [4.78, 5) is 16.9. The average Bonchev–Trinajstić information content (AvgIpc) is 3.33. The second-order valence-corrected chi connectivity index (χ2v) is 8.73. The largest absolute Gasteiger partial charge is 0.372 e. The quantitative estimate of drug-likeness (QED) is 0.292. The Balaban J connectivity index is 1.35. The number of rotatable bonds is 7. The molecule has 0 radical (unpaired) electrons. The van der Waals surface area contributed by atoms with Gasteiger partial charge in [-0.15, -0.1) is 10.2 Å². The molecule has 0 aliphatic rings. The number of carbonyl (C=O) groups is 1. The topological polar surface area (TPSA) is 63.1 Å². The van der Waals surface area contributed by atoms with Crippen LogP contribution in [0.15, 0.2) is 91.0 Å². The van der Waals surface area contributed by atoms with Crippen LogP contribution in [0.1, 0.15) is 29.8 Å². The SMILES string of the molecule is CCN(CC)c1ccc(-n2nc3cc(C)c(NC(=O)c4ccc(-c5ccccc5)cc4)cc3n2)cc1. The molecule has 6 heteroatoms. The van der Waals surface area contributed by atoms with E-state index in [-0.39, 0.29) is 5.91 Å². The summed E-state index contributed by atoms with van der Waals surface area (Å²) in [5.41, 5.74) is 8.04. The van der Waals surface area contributed by atoms with Crippen molar-refractivity contribution in [2.24, 2.45) is 0 Å². The van der Waals surface area contributed by atoms with Crippen molar-refractivity contribution >= 4 is 28.3 Å². The molecule has 5 rings (SSSR count). The first-order valence-electron chi connectivity index (χ1n) is 12.3. The third kappa shape index (κ3) is 4.70. The van der Waals surface area contributed by atoms with Crippen LogP contribution in [0.2, 0.25) is 0 Å². The highest BCUT2D eigenvalue weighted by molar-refractivity contribution is 6.05. The summed E-state index contributed by atoms with van der Waals surface area (Å²) >= 11 is 0. The molecule has 0 unspecified atom stereocenters. The van der Waals surface area contributed by atoms with Crippen molar-refractivity contribution < 1.29 is 4.79 Å². The van der Waals surface area contributed by atoms with Gasteiger partial charge in [0.25, 0.3) is 5.91 Å². The maximum atomic E-state index is 13.0. The molecule has 180 valence electrons. The van der Waals surface area contributed by atoms with Gasteiger partial charge in [-0.05, 0) is 86.0 Å². The van der Waals surface area contributed by atoms with Gasteiger partial charge in [0.1, 0.15) is 11.0 Å². The van der Waals surface area contributed by atoms with Crippen molar-refractivity contribution in [2.45, 2.75) is 20.8 Å². The molecule has 0 aliphatic heterocycles. The predicted octanol–water partition coefficient (Wildman–Crippen LogP) is 6.49. The van der Waals surface area contributed by atoms with Crippen LogP contribution in [-0.4, -0.2) is 34.0 Å². The van der Waals surface area contributed by atoms with Gasteiger partial charge >= 0.3 is 0 Å². The molecule has 1 N–H and O–H groups in total. The van der Waals surface area contributed by atoms with Crippen molar-refractivity contribution in [3.8, 4) is 16.8 Å². The molecule has 1 aromatic heterocycles. The lowest BCUT2D eigenvalue weighted by atomic mass is 10.0. The zero-order valence-electron chi connectivity index (χ0n) is 20.8. The first-order valence-corrected chi connectivity index (χ1v) is 12.3. The second kappa shape index (κ2) is 10.0. The van der Waals surface area contributed by atoms with Gasteiger partial charge in [0.05, 0.1) is 5.69 Å². The number of amides is 1. The van der Waals surface area contributed by atoms with Crippen molar-refractivity contribution in [2.75, 3.05) is 23.3 Å². The third-order valence-electron chi connectivity index (χ3n) is 6.44. The van der Waals surface area contributed by atoms with E-state index in [2.05, 4.69) is 58.5 Å². The Labute approximate surface area is 211 Å². The summed E-state index contributed by atoms with van der Waals surface area (Å²) in [5.74, 6) is -0.156. The van der Waals surface area contributed by atoms with E-state index in [0.29, 0.717) is 5.56 Å². The molecule has 0 saturated carbocycles. The first-order chi connectivity index (χ1) is 17.6.